The van der Waals surface area contributed by atoms with Crippen LogP contribution in [-0.4, -0.2) is 23.8 Å². The number of hydrogen-bond acceptors (Lipinski definition) is 2. The van der Waals surface area contributed by atoms with E-state index in [2.05, 4.69) is 13.0 Å². The zero-order valence-corrected chi connectivity index (χ0v) is 8.66. The fourth-order valence-corrected chi connectivity index (χ4v) is 1.72. The highest BCUT2D eigenvalue weighted by Crippen LogP contribution is 2.18. The number of carboxylic acids is 1. The average Bonchev–Trinajstić information content (AvgIpc) is 2.08. The van der Waals surface area contributed by atoms with E-state index < -0.39 is 5.97 Å². The Morgan fingerprint density at radius 3 is 3.07 bits per heavy atom. The lowest BCUT2D eigenvalue weighted by molar-refractivity contribution is -0.143. The number of allylic oxidation sites excluding steroid dienone is 1. The molecule has 0 aromatic rings. The lowest BCUT2D eigenvalue weighted by Crippen LogP contribution is -2.17. The van der Waals surface area contributed by atoms with E-state index in [1.807, 2.05) is 0 Å². The van der Waals surface area contributed by atoms with Gasteiger partial charge in [0.1, 0.15) is 6.61 Å². The van der Waals surface area contributed by atoms with Crippen molar-refractivity contribution < 1.29 is 14.6 Å². The van der Waals surface area contributed by atoms with Crippen molar-refractivity contribution in [2.45, 2.75) is 45.1 Å². The summed E-state index contributed by atoms with van der Waals surface area (Å²) >= 11 is 0. The first kappa shape index (κ1) is 11.2. The lowest BCUT2D eigenvalue weighted by Gasteiger charge is -2.17. The summed E-state index contributed by atoms with van der Waals surface area (Å²) in [7, 11) is 0. The maximum atomic E-state index is 10.3. The molecular weight excluding hydrogens is 180 g/mol. The van der Waals surface area contributed by atoms with Crippen LogP contribution in [0.3, 0.4) is 0 Å². The van der Waals surface area contributed by atoms with Gasteiger partial charge in [0.15, 0.2) is 0 Å². The van der Waals surface area contributed by atoms with E-state index >= 15 is 0 Å². The molecule has 0 aliphatic heterocycles. The number of hydrogen-bond donors (Lipinski definition) is 1. The predicted molar refractivity (Wildman–Crippen MR) is 54.2 cm³/mol. The van der Waals surface area contributed by atoms with Crippen LogP contribution in [-0.2, 0) is 9.53 Å². The van der Waals surface area contributed by atoms with Gasteiger partial charge >= 0.3 is 5.97 Å². The molecule has 0 radical (unpaired) electrons. The highest BCUT2D eigenvalue weighted by molar-refractivity contribution is 5.68. The normalized spacial score (nSPS) is 23.5. The summed E-state index contributed by atoms with van der Waals surface area (Å²) < 4.78 is 5.27. The van der Waals surface area contributed by atoms with Crippen LogP contribution in [0, 0.1) is 0 Å². The third kappa shape index (κ3) is 4.42. The summed E-state index contributed by atoms with van der Waals surface area (Å²) in [5.74, 6) is -0.891. The first-order valence-electron chi connectivity index (χ1n) is 5.19. The highest BCUT2D eigenvalue weighted by Gasteiger charge is 2.10. The third-order valence-electron chi connectivity index (χ3n) is 2.45. The molecule has 0 bridgehead atoms. The molecular formula is C11H18O3. The molecule has 0 aromatic heterocycles. The van der Waals surface area contributed by atoms with Gasteiger partial charge in [0.2, 0.25) is 0 Å². The molecule has 3 heteroatoms. The zero-order valence-electron chi connectivity index (χ0n) is 8.66. The van der Waals surface area contributed by atoms with Crippen LogP contribution in [0.1, 0.15) is 39.0 Å². The van der Waals surface area contributed by atoms with Gasteiger partial charge in [-0.1, -0.05) is 24.5 Å². The van der Waals surface area contributed by atoms with Crippen LogP contribution in [0.25, 0.3) is 0 Å². The van der Waals surface area contributed by atoms with Crippen molar-refractivity contribution >= 4 is 5.97 Å². The molecule has 0 spiro atoms. The molecule has 3 nitrogen and oxygen atoms in total. The van der Waals surface area contributed by atoms with Crippen molar-refractivity contribution in [3.8, 4) is 0 Å². The Balaban J connectivity index is 2.42. The van der Waals surface area contributed by atoms with Crippen LogP contribution in [0.2, 0.25) is 0 Å². The van der Waals surface area contributed by atoms with Gasteiger partial charge in [-0.3, -0.25) is 0 Å². The fraction of sp³-hybridized carbons (Fsp3) is 0.727. The van der Waals surface area contributed by atoms with Gasteiger partial charge in [0.05, 0.1) is 6.10 Å². The van der Waals surface area contributed by atoms with Gasteiger partial charge in [-0.15, -0.1) is 0 Å². The molecule has 1 unspecified atom stereocenters. The summed E-state index contributed by atoms with van der Waals surface area (Å²) in [5.41, 5.74) is 1.32. The van der Waals surface area contributed by atoms with Crippen molar-refractivity contribution in [1.82, 2.24) is 0 Å². The first-order valence-corrected chi connectivity index (χ1v) is 5.19. The van der Waals surface area contributed by atoms with E-state index in [0.29, 0.717) is 0 Å². The second-order valence-corrected chi connectivity index (χ2v) is 3.86. The second-order valence-electron chi connectivity index (χ2n) is 3.86. The molecule has 14 heavy (non-hydrogen) atoms. The third-order valence-corrected chi connectivity index (χ3v) is 2.45. The molecule has 1 rings (SSSR count). The fourth-order valence-electron chi connectivity index (χ4n) is 1.72. The number of rotatable bonds is 3. The highest BCUT2D eigenvalue weighted by atomic mass is 16.5. The van der Waals surface area contributed by atoms with Crippen molar-refractivity contribution in [2.75, 3.05) is 6.61 Å². The Bertz CT molecular complexity index is 221. The van der Waals surface area contributed by atoms with Crippen LogP contribution >= 0.6 is 0 Å². The molecule has 0 saturated carbocycles. The molecule has 0 heterocycles. The summed E-state index contributed by atoms with van der Waals surface area (Å²) in [6.45, 7) is 1.90. The smallest absolute Gasteiger partial charge is 0.329 e. The molecule has 1 aliphatic rings. The summed E-state index contributed by atoms with van der Waals surface area (Å²) in [6, 6.07) is 0. The van der Waals surface area contributed by atoms with Crippen molar-refractivity contribution in [3.63, 3.8) is 0 Å². The van der Waals surface area contributed by atoms with Crippen LogP contribution in [0.4, 0.5) is 0 Å². The monoisotopic (exact) mass is 198 g/mol. The van der Waals surface area contributed by atoms with E-state index in [1.54, 1.807) is 0 Å². The number of ether oxygens (including phenoxy) is 1. The summed E-state index contributed by atoms with van der Waals surface area (Å²) in [4.78, 5) is 10.3. The van der Waals surface area contributed by atoms with Gasteiger partial charge in [-0.05, 0) is 26.2 Å². The Kier molecular flexibility index (Phi) is 4.66. The van der Waals surface area contributed by atoms with Gasteiger partial charge in [0.25, 0.3) is 0 Å². The van der Waals surface area contributed by atoms with E-state index in [1.165, 1.54) is 18.4 Å². The van der Waals surface area contributed by atoms with Gasteiger partial charge < -0.3 is 9.84 Å². The molecule has 1 aliphatic carbocycles. The lowest BCUT2D eigenvalue weighted by atomic mass is 9.99. The van der Waals surface area contributed by atoms with Gasteiger partial charge in [-0.2, -0.15) is 0 Å². The number of aliphatic carboxylic acids is 1. The predicted octanol–water partition coefficient (Wildman–Crippen LogP) is 2.37. The van der Waals surface area contributed by atoms with E-state index in [4.69, 9.17) is 9.84 Å². The van der Waals surface area contributed by atoms with Gasteiger partial charge in [-0.25, -0.2) is 4.79 Å². The number of carboxylic acid groups (broad SMARTS) is 1. The Labute approximate surface area is 84.8 Å². The minimum Gasteiger partial charge on any atom is -0.480 e. The Morgan fingerprint density at radius 1 is 1.57 bits per heavy atom. The topological polar surface area (TPSA) is 46.5 Å². The molecule has 1 N–H and O–H groups in total. The van der Waals surface area contributed by atoms with Crippen LogP contribution in [0.15, 0.2) is 11.6 Å². The summed E-state index contributed by atoms with van der Waals surface area (Å²) in [5, 5.41) is 8.49. The maximum Gasteiger partial charge on any atom is 0.329 e. The maximum absolute atomic E-state index is 10.3. The largest absolute Gasteiger partial charge is 0.480 e. The standard InChI is InChI=1S/C11H18O3/c1-9-5-3-2-4-6-10(7-9)14-8-11(12)13/h7,10H,2-6,8H2,1H3,(H,12,13). The van der Waals surface area contributed by atoms with E-state index in [-0.39, 0.29) is 12.7 Å². The Hall–Kier alpha value is -0.830. The van der Waals surface area contributed by atoms with Crippen molar-refractivity contribution in [3.05, 3.63) is 11.6 Å². The minimum atomic E-state index is -0.891. The quantitative estimate of drug-likeness (QED) is 0.708. The van der Waals surface area contributed by atoms with E-state index in [9.17, 15) is 4.79 Å². The SMILES string of the molecule is CC1=CC(OCC(=O)O)CCCCC1. The Morgan fingerprint density at radius 2 is 2.36 bits per heavy atom. The van der Waals surface area contributed by atoms with E-state index in [0.717, 1.165) is 19.3 Å². The molecule has 0 saturated heterocycles. The molecule has 1 atom stereocenters. The second kappa shape index (κ2) is 5.81. The minimum absolute atomic E-state index is 0.00593. The van der Waals surface area contributed by atoms with Crippen molar-refractivity contribution in [2.24, 2.45) is 0 Å². The number of carbonyl (C=O) groups is 1. The summed E-state index contributed by atoms with van der Waals surface area (Å²) in [6.07, 6.45) is 7.74. The van der Waals surface area contributed by atoms with Crippen molar-refractivity contribution in [1.29, 1.82) is 0 Å². The molecule has 0 amide bonds. The molecule has 0 aromatic carbocycles. The first-order chi connectivity index (χ1) is 6.68. The van der Waals surface area contributed by atoms with Crippen LogP contribution in [0.5, 0.6) is 0 Å². The molecule has 80 valence electrons. The van der Waals surface area contributed by atoms with Gasteiger partial charge in [0, 0.05) is 0 Å². The molecule has 0 fully saturated rings. The van der Waals surface area contributed by atoms with Crippen LogP contribution < -0.4 is 0 Å². The average molecular weight is 198 g/mol. The zero-order chi connectivity index (χ0) is 10.4.